The van der Waals surface area contributed by atoms with Crippen molar-refractivity contribution in [3.63, 3.8) is 0 Å². The largest absolute Gasteiger partial charge is 0.298 e. The Morgan fingerprint density at radius 2 is 2.21 bits per heavy atom. The number of nitrogens with zero attached hydrogens (tertiary/aromatic N) is 1. The molecule has 14 heavy (non-hydrogen) atoms. The lowest BCUT2D eigenvalue weighted by Crippen LogP contribution is -1.83. The Balaban J connectivity index is 2.48. The van der Waals surface area contributed by atoms with Gasteiger partial charge in [-0.2, -0.15) is 4.37 Å². The summed E-state index contributed by atoms with van der Waals surface area (Å²) in [4.78, 5) is 10.5. The number of rotatable bonds is 2. The van der Waals surface area contributed by atoms with Gasteiger partial charge in [0.2, 0.25) is 0 Å². The Hall–Kier alpha value is -1.19. The molecular formula is C10H6ClNOS. The van der Waals surface area contributed by atoms with Crippen molar-refractivity contribution in [1.82, 2.24) is 4.37 Å². The van der Waals surface area contributed by atoms with Crippen LogP contribution in [0.3, 0.4) is 0 Å². The van der Waals surface area contributed by atoms with Gasteiger partial charge in [0.05, 0.1) is 10.7 Å². The number of aldehydes is 1. The lowest BCUT2D eigenvalue weighted by molar-refractivity contribution is 0.112. The summed E-state index contributed by atoms with van der Waals surface area (Å²) >= 11 is 7.28. The van der Waals surface area contributed by atoms with E-state index in [1.165, 1.54) is 11.5 Å². The van der Waals surface area contributed by atoms with Crippen LogP contribution in [0.25, 0.3) is 11.3 Å². The summed E-state index contributed by atoms with van der Waals surface area (Å²) in [6.45, 7) is 0. The fraction of sp³-hybridized carbons (Fsp3) is 0. The number of hydrogen-bond acceptors (Lipinski definition) is 3. The molecule has 0 amide bonds. The van der Waals surface area contributed by atoms with E-state index < -0.39 is 0 Å². The van der Waals surface area contributed by atoms with E-state index in [-0.39, 0.29) is 0 Å². The van der Waals surface area contributed by atoms with Crippen molar-refractivity contribution in [3.05, 3.63) is 40.2 Å². The SMILES string of the molecule is O=Cc1ccc(-c2ccsn2)cc1Cl. The molecule has 2 aromatic rings. The third-order valence-electron chi connectivity index (χ3n) is 1.86. The van der Waals surface area contributed by atoms with Crippen LogP contribution in [-0.2, 0) is 0 Å². The summed E-state index contributed by atoms with van der Waals surface area (Å²) in [7, 11) is 0. The van der Waals surface area contributed by atoms with Crippen LogP contribution in [0.1, 0.15) is 10.4 Å². The van der Waals surface area contributed by atoms with Crippen molar-refractivity contribution in [1.29, 1.82) is 0 Å². The average molecular weight is 224 g/mol. The van der Waals surface area contributed by atoms with E-state index >= 15 is 0 Å². The molecule has 2 rings (SSSR count). The van der Waals surface area contributed by atoms with Crippen LogP contribution in [0.4, 0.5) is 0 Å². The molecule has 1 aromatic heterocycles. The number of hydrogen-bond donors (Lipinski definition) is 0. The van der Waals surface area contributed by atoms with Gasteiger partial charge >= 0.3 is 0 Å². The molecular weight excluding hydrogens is 218 g/mol. The summed E-state index contributed by atoms with van der Waals surface area (Å²) in [5.74, 6) is 0. The van der Waals surface area contributed by atoms with E-state index in [4.69, 9.17) is 11.6 Å². The molecule has 0 atom stereocenters. The van der Waals surface area contributed by atoms with Gasteiger partial charge in [0.25, 0.3) is 0 Å². The predicted molar refractivity (Wildman–Crippen MR) is 57.9 cm³/mol. The molecule has 1 aromatic carbocycles. The van der Waals surface area contributed by atoms with Gasteiger partial charge < -0.3 is 0 Å². The Morgan fingerprint density at radius 3 is 2.79 bits per heavy atom. The molecule has 70 valence electrons. The maximum atomic E-state index is 10.5. The first-order chi connectivity index (χ1) is 6.81. The minimum absolute atomic E-state index is 0.463. The molecule has 0 saturated heterocycles. The average Bonchev–Trinajstić information content (AvgIpc) is 2.70. The van der Waals surface area contributed by atoms with Gasteiger partial charge in [-0.1, -0.05) is 17.7 Å². The van der Waals surface area contributed by atoms with E-state index in [1.807, 2.05) is 17.5 Å². The molecule has 0 bridgehead atoms. The van der Waals surface area contributed by atoms with Crippen molar-refractivity contribution in [2.45, 2.75) is 0 Å². The topological polar surface area (TPSA) is 30.0 Å². The standard InChI is InChI=1S/C10H6ClNOS/c11-9-5-7(1-2-8(9)6-13)10-3-4-14-12-10/h1-6H. The van der Waals surface area contributed by atoms with Crippen LogP contribution in [0.2, 0.25) is 5.02 Å². The van der Waals surface area contributed by atoms with E-state index in [0.29, 0.717) is 10.6 Å². The molecule has 0 aliphatic heterocycles. The van der Waals surface area contributed by atoms with Crippen molar-refractivity contribution >= 4 is 29.4 Å². The lowest BCUT2D eigenvalue weighted by atomic mass is 10.1. The minimum Gasteiger partial charge on any atom is -0.298 e. The number of benzene rings is 1. The van der Waals surface area contributed by atoms with E-state index in [1.54, 1.807) is 12.1 Å². The first kappa shape index (κ1) is 9.37. The zero-order valence-corrected chi connectivity index (χ0v) is 8.68. The fourth-order valence-corrected chi connectivity index (χ4v) is 1.90. The first-order valence-electron chi connectivity index (χ1n) is 3.97. The van der Waals surface area contributed by atoms with Crippen LogP contribution in [0, 0.1) is 0 Å². The highest BCUT2D eigenvalue weighted by Crippen LogP contribution is 2.24. The number of carbonyl (C=O) groups is 1. The third kappa shape index (κ3) is 1.69. The highest BCUT2D eigenvalue weighted by molar-refractivity contribution is 7.03. The van der Waals surface area contributed by atoms with Crippen molar-refractivity contribution in [3.8, 4) is 11.3 Å². The van der Waals surface area contributed by atoms with Gasteiger partial charge in [-0.15, -0.1) is 0 Å². The molecule has 0 radical (unpaired) electrons. The number of halogens is 1. The van der Waals surface area contributed by atoms with Gasteiger partial charge in [-0.05, 0) is 29.7 Å². The van der Waals surface area contributed by atoms with E-state index in [0.717, 1.165) is 17.5 Å². The van der Waals surface area contributed by atoms with Crippen LogP contribution < -0.4 is 0 Å². The van der Waals surface area contributed by atoms with Crippen LogP contribution in [0.15, 0.2) is 29.6 Å². The normalized spacial score (nSPS) is 10.1. The van der Waals surface area contributed by atoms with E-state index in [9.17, 15) is 4.79 Å². The molecule has 0 spiro atoms. The van der Waals surface area contributed by atoms with E-state index in [2.05, 4.69) is 4.37 Å². The summed E-state index contributed by atoms with van der Waals surface area (Å²) in [6, 6.07) is 7.20. The van der Waals surface area contributed by atoms with Gasteiger partial charge in [-0.3, -0.25) is 4.79 Å². The zero-order chi connectivity index (χ0) is 9.97. The molecule has 4 heteroatoms. The van der Waals surface area contributed by atoms with Crippen molar-refractivity contribution < 1.29 is 4.79 Å². The van der Waals surface area contributed by atoms with Gasteiger partial charge in [-0.25, -0.2) is 0 Å². The number of aromatic nitrogens is 1. The van der Waals surface area contributed by atoms with Crippen molar-refractivity contribution in [2.24, 2.45) is 0 Å². The monoisotopic (exact) mass is 223 g/mol. The quantitative estimate of drug-likeness (QED) is 0.732. The minimum atomic E-state index is 0.463. The molecule has 0 fully saturated rings. The van der Waals surface area contributed by atoms with Gasteiger partial charge in [0, 0.05) is 16.5 Å². The number of carbonyl (C=O) groups excluding carboxylic acids is 1. The Labute approximate surface area is 90.3 Å². The highest BCUT2D eigenvalue weighted by Gasteiger charge is 2.03. The van der Waals surface area contributed by atoms with Gasteiger partial charge in [0.1, 0.15) is 0 Å². The third-order valence-corrected chi connectivity index (χ3v) is 2.75. The second-order valence-corrected chi connectivity index (χ2v) is 3.81. The highest BCUT2D eigenvalue weighted by atomic mass is 35.5. The zero-order valence-electron chi connectivity index (χ0n) is 7.11. The van der Waals surface area contributed by atoms with Crippen LogP contribution in [0.5, 0.6) is 0 Å². The lowest BCUT2D eigenvalue weighted by Gasteiger charge is -1.99. The Morgan fingerprint density at radius 1 is 1.36 bits per heavy atom. The Kier molecular flexibility index (Phi) is 2.61. The second-order valence-electron chi connectivity index (χ2n) is 2.74. The maximum Gasteiger partial charge on any atom is 0.151 e. The van der Waals surface area contributed by atoms with Gasteiger partial charge in [0.15, 0.2) is 6.29 Å². The Bertz CT molecular complexity index is 453. The molecule has 0 saturated carbocycles. The maximum absolute atomic E-state index is 10.5. The molecule has 0 aliphatic rings. The summed E-state index contributed by atoms with van der Waals surface area (Å²) in [5.41, 5.74) is 2.32. The molecule has 1 heterocycles. The fourth-order valence-electron chi connectivity index (χ4n) is 1.14. The summed E-state index contributed by atoms with van der Waals surface area (Å²) in [6.07, 6.45) is 0.743. The molecule has 0 aliphatic carbocycles. The second kappa shape index (κ2) is 3.90. The van der Waals surface area contributed by atoms with Crippen LogP contribution in [-0.4, -0.2) is 10.7 Å². The van der Waals surface area contributed by atoms with Crippen LogP contribution >= 0.6 is 23.1 Å². The van der Waals surface area contributed by atoms with Crippen molar-refractivity contribution in [2.75, 3.05) is 0 Å². The summed E-state index contributed by atoms with van der Waals surface area (Å²) < 4.78 is 4.18. The summed E-state index contributed by atoms with van der Waals surface area (Å²) in [5, 5.41) is 2.36. The molecule has 0 unspecified atom stereocenters. The first-order valence-corrected chi connectivity index (χ1v) is 5.18. The molecule has 0 N–H and O–H groups in total. The molecule has 2 nitrogen and oxygen atoms in total. The predicted octanol–water partition coefficient (Wildman–Crippen LogP) is 3.28. The smallest absolute Gasteiger partial charge is 0.151 e.